The normalized spacial score (nSPS) is 26.3. The maximum Gasteiger partial charge on any atom is 0.0340 e. The van der Waals surface area contributed by atoms with Gasteiger partial charge in [-0.05, 0) is 19.4 Å². The molecule has 1 aliphatic heterocycles. The Morgan fingerprint density at radius 1 is 1.11 bits per heavy atom. The monoisotopic (exact) mass is 254 g/mol. The molecule has 0 spiro atoms. The van der Waals surface area contributed by atoms with Crippen LogP contribution in [0, 0.1) is 5.92 Å². The first-order chi connectivity index (χ1) is 8.78. The molecular weight excluding hydrogens is 224 g/mol. The summed E-state index contributed by atoms with van der Waals surface area (Å²) in [4.78, 5) is 2.39. The largest absolute Gasteiger partial charge is 0.329 e. The lowest BCUT2D eigenvalue weighted by Gasteiger charge is -2.36. The zero-order valence-corrected chi connectivity index (χ0v) is 11.9. The van der Waals surface area contributed by atoms with Gasteiger partial charge in [0.25, 0.3) is 0 Å². The van der Waals surface area contributed by atoms with E-state index < -0.39 is 0 Å². The van der Waals surface area contributed by atoms with Crippen LogP contribution in [0.25, 0.3) is 0 Å². The number of nitrogens with zero attached hydrogens (tertiary/aromatic N) is 2. The van der Waals surface area contributed by atoms with E-state index in [4.69, 9.17) is 5.73 Å². The van der Waals surface area contributed by atoms with E-state index in [2.05, 4.69) is 22.4 Å². The van der Waals surface area contributed by atoms with Crippen LogP contribution in [0.1, 0.15) is 38.5 Å². The van der Waals surface area contributed by atoms with Crippen molar-refractivity contribution in [3.05, 3.63) is 0 Å². The Bertz CT molecular complexity index is 220. The van der Waals surface area contributed by atoms with Crippen molar-refractivity contribution in [2.75, 3.05) is 39.8 Å². The molecule has 3 N–H and O–H groups in total. The van der Waals surface area contributed by atoms with Crippen LogP contribution in [0.4, 0.5) is 0 Å². The van der Waals surface area contributed by atoms with Crippen molar-refractivity contribution < 1.29 is 0 Å². The van der Waals surface area contributed by atoms with Crippen molar-refractivity contribution in [2.45, 2.75) is 44.6 Å². The van der Waals surface area contributed by atoms with E-state index in [0.717, 1.165) is 38.6 Å². The van der Waals surface area contributed by atoms with Crippen molar-refractivity contribution >= 4 is 0 Å². The molecule has 1 saturated carbocycles. The fourth-order valence-corrected chi connectivity index (χ4v) is 3.22. The van der Waals surface area contributed by atoms with E-state index in [-0.39, 0.29) is 0 Å². The molecule has 1 aliphatic carbocycles. The van der Waals surface area contributed by atoms with Crippen LogP contribution >= 0.6 is 0 Å². The molecule has 2 rings (SSSR count). The first-order valence-electron chi connectivity index (χ1n) is 7.67. The third-order valence-corrected chi connectivity index (χ3v) is 4.50. The predicted octanol–water partition coefficient (Wildman–Crippen LogP) is 1.04. The first kappa shape index (κ1) is 14.3. The van der Waals surface area contributed by atoms with Gasteiger partial charge in [0.2, 0.25) is 0 Å². The Hall–Kier alpha value is -0.160. The highest BCUT2D eigenvalue weighted by molar-refractivity contribution is 4.76. The molecule has 1 atom stereocenters. The van der Waals surface area contributed by atoms with Gasteiger partial charge >= 0.3 is 0 Å². The summed E-state index contributed by atoms with van der Waals surface area (Å²) < 4.78 is 0. The van der Waals surface area contributed by atoms with Crippen LogP contribution in [0.3, 0.4) is 0 Å². The molecule has 1 saturated heterocycles. The van der Waals surface area contributed by atoms with Gasteiger partial charge in [-0.2, -0.15) is 0 Å². The maximum absolute atomic E-state index is 5.93. The van der Waals surface area contributed by atoms with Crippen LogP contribution in [-0.2, 0) is 0 Å². The maximum atomic E-state index is 5.93. The van der Waals surface area contributed by atoms with Crippen LogP contribution in [0.15, 0.2) is 0 Å². The summed E-state index contributed by atoms with van der Waals surface area (Å²) in [5.74, 6) is 0.910. The van der Waals surface area contributed by atoms with Gasteiger partial charge in [0.05, 0.1) is 0 Å². The van der Waals surface area contributed by atoms with Gasteiger partial charge in [-0.25, -0.2) is 5.01 Å². The minimum absolute atomic E-state index is 0.483. The number of nitrogens with two attached hydrogens (primary N) is 1. The van der Waals surface area contributed by atoms with Crippen molar-refractivity contribution in [1.82, 2.24) is 15.3 Å². The van der Waals surface area contributed by atoms with Crippen molar-refractivity contribution in [1.29, 1.82) is 0 Å². The van der Waals surface area contributed by atoms with Gasteiger partial charge in [0.15, 0.2) is 0 Å². The zero-order chi connectivity index (χ0) is 12.8. The van der Waals surface area contributed by atoms with Gasteiger partial charge in [0, 0.05) is 38.8 Å². The molecule has 0 radical (unpaired) electrons. The first-order valence-corrected chi connectivity index (χ1v) is 7.67. The van der Waals surface area contributed by atoms with E-state index in [0.29, 0.717) is 6.04 Å². The highest BCUT2D eigenvalue weighted by atomic mass is 15.5. The Labute approximate surface area is 112 Å². The second kappa shape index (κ2) is 7.43. The highest BCUT2D eigenvalue weighted by Gasteiger charge is 2.21. The number of hydrogen-bond acceptors (Lipinski definition) is 4. The molecule has 18 heavy (non-hydrogen) atoms. The smallest absolute Gasteiger partial charge is 0.0340 e. The number of hydrogen-bond donors (Lipinski definition) is 2. The number of nitrogens with one attached hydrogen (secondary N) is 1. The van der Waals surface area contributed by atoms with Gasteiger partial charge in [-0.15, -0.1) is 0 Å². The Kier molecular flexibility index (Phi) is 5.89. The molecule has 2 aliphatic rings. The molecule has 1 unspecified atom stereocenters. The summed E-state index contributed by atoms with van der Waals surface area (Å²) in [6, 6.07) is 0.483. The predicted molar refractivity (Wildman–Crippen MR) is 76.2 cm³/mol. The van der Waals surface area contributed by atoms with E-state index in [9.17, 15) is 0 Å². The molecule has 1 heterocycles. The van der Waals surface area contributed by atoms with Crippen molar-refractivity contribution in [2.24, 2.45) is 11.7 Å². The standard InChI is InChI=1S/C14H30N4/c1-17-7-9-18(10-8-17)16-14(12-15)11-13-5-3-2-4-6-13/h13-14,16H,2-12,15H2,1H3. The number of rotatable bonds is 5. The highest BCUT2D eigenvalue weighted by Crippen LogP contribution is 2.27. The number of hydrazine groups is 1. The lowest BCUT2D eigenvalue weighted by atomic mass is 9.85. The molecule has 4 nitrogen and oxygen atoms in total. The third kappa shape index (κ3) is 4.50. The summed E-state index contributed by atoms with van der Waals surface area (Å²) >= 11 is 0. The summed E-state index contributed by atoms with van der Waals surface area (Å²) in [5, 5.41) is 2.38. The topological polar surface area (TPSA) is 44.5 Å². The Morgan fingerprint density at radius 3 is 2.39 bits per heavy atom. The number of likely N-dealkylation sites (N-methyl/N-ethyl adjacent to an activating group) is 1. The van der Waals surface area contributed by atoms with E-state index in [1.54, 1.807) is 0 Å². The van der Waals surface area contributed by atoms with E-state index >= 15 is 0 Å². The summed E-state index contributed by atoms with van der Waals surface area (Å²) in [6.45, 7) is 5.33. The molecule has 0 aromatic rings. The summed E-state index contributed by atoms with van der Waals surface area (Å²) in [5.41, 5.74) is 9.59. The van der Waals surface area contributed by atoms with Crippen LogP contribution in [0.5, 0.6) is 0 Å². The average Bonchev–Trinajstić information content (AvgIpc) is 2.41. The molecule has 106 valence electrons. The molecule has 4 heteroatoms. The Morgan fingerprint density at radius 2 is 1.78 bits per heavy atom. The van der Waals surface area contributed by atoms with Gasteiger partial charge < -0.3 is 10.6 Å². The lowest BCUT2D eigenvalue weighted by molar-refractivity contribution is 0.0808. The quantitative estimate of drug-likeness (QED) is 0.769. The van der Waals surface area contributed by atoms with Gasteiger partial charge in [-0.1, -0.05) is 32.1 Å². The van der Waals surface area contributed by atoms with Crippen LogP contribution in [-0.4, -0.2) is 55.7 Å². The molecule has 0 amide bonds. The summed E-state index contributed by atoms with van der Waals surface area (Å²) in [7, 11) is 2.19. The second-order valence-electron chi connectivity index (χ2n) is 6.09. The molecule has 0 aromatic carbocycles. The minimum atomic E-state index is 0.483. The van der Waals surface area contributed by atoms with Crippen molar-refractivity contribution in [3.63, 3.8) is 0 Å². The van der Waals surface area contributed by atoms with Crippen LogP contribution in [0.2, 0.25) is 0 Å². The molecule has 0 bridgehead atoms. The SMILES string of the molecule is CN1CCN(NC(CN)CC2CCCCC2)CC1. The van der Waals surface area contributed by atoms with Gasteiger partial charge in [-0.3, -0.25) is 5.43 Å². The average molecular weight is 254 g/mol. The van der Waals surface area contributed by atoms with Crippen molar-refractivity contribution in [3.8, 4) is 0 Å². The fraction of sp³-hybridized carbons (Fsp3) is 1.00. The molecule has 2 fully saturated rings. The van der Waals surface area contributed by atoms with Crippen LogP contribution < -0.4 is 11.2 Å². The lowest BCUT2D eigenvalue weighted by Crippen LogP contribution is -2.55. The second-order valence-corrected chi connectivity index (χ2v) is 6.09. The third-order valence-electron chi connectivity index (χ3n) is 4.50. The Balaban J connectivity index is 1.70. The minimum Gasteiger partial charge on any atom is -0.329 e. The fourth-order valence-electron chi connectivity index (χ4n) is 3.22. The summed E-state index contributed by atoms with van der Waals surface area (Å²) in [6.07, 6.45) is 8.40. The van der Waals surface area contributed by atoms with Gasteiger partial charge in [0.1, 0.15) is 0 Å². The zero-order valence-electron chi connectivity index (χ0n) is 11.9. The molecular formula is C14H30N4. The van der Waals surface area contributed by atoms with E-state index in [1.165, 1.54) is 38.5 Å². The molecule has 0 aromatic heterocycles. The number of piperazine rings is 1. The van der Waals surface area contributed by atoms with E-state index in [1.807, 2.05) is 0 Å².